The lowest BCUT2D eigenvalue weighted by Gasteiger charge is -2.47. The van der Waals surface area contributed by atoms with Gasteiger partial charge in [0, 0.05) is 60.0 Å². The molecule has 100 valence electrons. The third kappa shape index (κ3) is 2.14. The van der Waals surface area contributed by atoms with E-state index in [1.54, 1.807) is 11.3 Å². The first kappa shape index (κ1) is 12.0. The first-order chi connectivity index (χ1) is 9.42. The summed E-state index contributed by atoms with van der Waals surface area (Å²) in [5, 5.41) is 3.48. The molecule has 2 aromatic heterocycles. The molecule has 0 aliphatic carbocycles. The number of hydrogen-bond acceptors (Lipinski definition) is 5. The average Bonchev–Trinajstić information content (AvgIpc) is 2.87. The van der Waals surface area contributed by atoms with Gasteiger partial charge in [-0.1, -0.05) is 0 Å². The van der Waals surface area contributed by atoms with Gasteiger partial charge in [-0.05, 0) is 17.5 Å². The Bertz CT molecular complexity index is 571. The van der Waals surface area contributed by atoms with Crippen molar-refractivity contribution in [2.75, 3.05) is 42.6 Å². The molecule has 0 spiro atoms. The maximum absolute atomic E-state index is 4.59. The van der Waals surface area contributed by atoms with Crippen molar-refractivity contribution in [3.63, 3.8) is 0 Å². The number of rotatable bonds is 2. The van der Waals surface area contributed by atoms with Crippen LogP contribution in [0.4, 0.5) is 5.82 Å². The largest absolute Gasteiger partial charge is 0.353 e. The van der Waals surface area contributed by atoms with Crippen LogP contribution in [0.5, 0.6) is 0 Å². The third-order valence-corrected chi connectivity index (χ3v) is 5.91. The highest BCUT2D eigenvalue weighted by molar-refractivity contribution is 7.99. The summed E-state index contributed by atoms with van der Waals surface area (Å²) in [4.78, 5) is 9.68. The van der Waals surface area contributed by atoms with E-state index < -0.39 is 0 Å². The van der Waals surface area contributed by atoms with Gasteiger partial charge in [0.2, 0.25) is 0 Å². The van der Waals surface area contributed by atoms with Crippen LogP contribution in [0, 0.1) is 0 Å². The lowest BCUT2D eigenvalue weighted by molar-refractivity contribution is 0.182. The van der Waals surface area contributed by atoms with Crippen LogP contribution in [-0.4, -0.2) is 53.6 Å². The van der Waals surface area contributed by atoms with Crippen LogP contribution in [0.15, 0.2) is 23.7 Å². The number of fused-ring (bicyclic) bond motifs is 1. The van der Waals surface area contributed by atoms with E-state index in [1.807, 2.05) is 6.20 Å². The SMILES string of the molecule is c1cc2sccc2c(N2CC(N3CCSCC3)C2)n1. The predicted octanol–water partition coefficient (Wildman–Crippen LogP) is 2.53. The fraction of sp³-hybridized carbons (Fsp3) is 0.500. The molecule has 5 heteroatoms. The van der Waals surface area contributed by atoms with E-state index in [2.05, 4.69) is 44.1 Å². The van der Waals surface area contributed by atoms with Crippen molar-refractivity contribution in [2.45, 2.75) is 6.04 Å². The van der Waals surface area contributed by atoms with Gasteiger partial charge >= 0.3 is 0 Å². The van der Waals surface area contributed by atoms with Crippen molar-refractivity contribution in [1.29, 1.82) is 0 Å². The molecule has 0 amide bonds. The molecule has 2 fully saturated rings. The second-order valence-corrected chi connectivity index (χ2v) is 7.35. The maximum atomic E-state index is 4.59. The van der Waals surface area contributed by atoms with Crippen molar-refractivity contribution in [1.82, 2.24) is 9.88 Å². The zero-order valence-corrected chi connectivity index (χ0v) is 12.4. The van der Waals surface area contributed by atoms with Gasteiger partial charge < -0.3 is 4.90 Å². The van der Waals surface area contributed by atoms with Gasteiger partial charge in [-0.25, -0.2) is 4.98 Å². The van der Waals surface area contributed by atoms with Gasteiger partial charge in [0.15, 0.2) is 0 Å². The van der Waals surface area contributed by atoms with Crippen LogP contribution in [0.3, 0.4) is 0 Å². The van der Waals surface area contributed by atoms with Gasteiger partial charge in [-0.2, -0.15) is 11.8 Å². The second-order valence-electron chi connectivity index (χ2n) is 5.17. The van der Waals surface area contributed by atoms with Crippen LogP contribution in [-0.2, 0) is 0 Å². The number of thiophene rings is 1. The van der Waals surface area contributed by atoms with E-state index in [0.29, 0.717) is 0 Å². The predicted molar refractivity (Wildman–Crippen MR) is 84.5 cm³/mol. The van der Waals surface area contributed by atoms with Crippen molar-refractivity contribution >= 4 is 39.0 Å². The summed E-state index contributed by atoms with van der Waals surface area (Å²) in [6.07, 6.45) is 1.94. The standard InChI is InChI=1S/C14H17N3S2/c1-3-15-14(12-2-6-19-13(1)12)17-9-11(10-17)16-4-7-18-8-5-16/h1-3,6,11H,4-5,7-10H2. The molecule has 19 heavy (non-hydrogen) atoms. The quantitative estimate of drug-likeness (QED) is 0.846. The summed E-state index contributed by atoms with van der Waals surface area (Å²) in [6.45, 7) is 4.82. The van der Waals surface area contributed by atoms with Crippen LogP contribution in [0.2, 0.25) is 0 Å². The Morgan fingerprint density at radius 2 is 2.00 bits per heavy atom. The minimum Gasteiger partial charge on any atom is -0.353 e. The van der Waals surface area contributed by atoms with E-state index in [4.69, 9.17) is 0 Å². The number of nitrogens with zero attached hydrogens (tertiary/aromatic N) is 3. The maximum Gasteiger partial charge on any atom is 0.137 e. The van der Waals surface area contributed by atoms with Crippen molar-refractivity contribution in [2.24, 2.45) is 0 Å². The topological polar surface area (TPSA) is 19.4 Å². The molecule has 0 bridgehead atoms. The molecule has 0 saturated carbocycles. The lowest BCUT2D eigenvalue weighted by Crippen LogP contribution is -2.61. The number of thioether (sulfide) groups is 1. The Morgan fingerprint density at radius 1 is 1.16 bits per heavy atom. The van der Waals surface area contributed by atoms with Crippen LogP contribution in [0.1, 0.15) is 0 Å². The summed E-state index contributed by atoms with van der Waals surface area (Å²) in [7, 11) is 0. The van der Waals surface area contributed by atoms with Crippen molar-refractivity contribution < 1.29 is 0 Å². The first-order valence-corrected chi connectivity index (χ1v) is 8.84. The molecule has 2 aliphatic heterocycles. The van der Waals surface area contributed by atoms with Gasteiger partial charge in [0.25, 0.3) is 0 Å². The number of pyridine rings is 1. The highest BCUT2D eigenvalue weighted by atomic mass is 32.2. The molecule has 0 radical (unpaired) electrons. The van der Waals surface area contributed by atoms with E-state index in [0.717, 1.165) is 19.1 Å². The van der Waals surface area contributed by atoms with Gasteiger partial charge in [0.1, 0.15) is 5.82 Å². The molecule has 4 rings (SSSR count). The molecule has 0 aromatic carbocycles. The Hall–Kier alpha value is -0.780. The Morgan fingerprint density at radius 3 is 2.84 bits per heavy atom. The zero-order chi connectivity index (χ0) is 12.7. The highest BCUT2D eigenvalue weighted by Gasteiger charge is 2.33. The minimum atomic E-state index is 0.747. The molecule has 0 N–H and O–H groups in total. The molecule has 4 heterocycles. The van der Waals surface area contributed by atoms with Crippen molar-refractivity contribution in [3.8, 4) is 0 Å². The summed E-state index contributed by atoms with van der Waals surface area (Å²) >= 11 is 3.89. The van der Waals surface area contributed by atoms with Gasteiger partial charge in [0.05, 0.1) is 0 Å². The van der Waals surface area contributed by atoms with E-state index in [9.17, 15) is 0 Å². The van der Waals surface area contributed by atoms with Crippen LogP contribution >= 0.6 is 23.1 Å². The minimum absolute atomic E-state index is 0.747. The Balaban J connectivity index is 1.49. The highest BCUT2D eigenvalue weighted by Crippen LogP contribution is 2.32. The molecule has 2 aromatic rings. The van der Waals surface area contributed by atoms with Crippen LogP contribution < -0.4 is 4.90 Å². The van der Waals surface area contributed by atoms with Gasteiger partial charge in [-0.15, -0.1) is 11.3 Å². The molecule has 0 unspecified atom stereocenters. The lowest BCUT2D eigenvalue weighted by atomic mass is 10.1. The number of aromatic nitrogens is 1. The summed E-state index contributed by atoms with van der Waals surface area (Å²) < 4.78 is 1.35. The normalized spacial score (nSPS) is 21.8. The fourth-order valence-electron chi connectivity index (χ4n) is 2.93. The summed E-state index contributed by atoms with van der Waals surface area (Å²) in [6, 6.07) is 5.06. The van der Waals surface area contributed by atoms with E-state index in [1.165, 1.54) is 40.5 Å². The second kappa shape index (κ2) is 4.96. The summed E-state index contributed by atoms with van der Waals surface area (Å²) in [5.41, 5.74) is 0. The first-order valence-electron chi connectivity index (χ1n) is 6.81. The number of hydrogen-bond donors (Lipinski definition) is 0. The molecule has 2 saturated heterocycles. The van der Waals surface area contributed by atoms with E-state index in [-0.39, 0.29) is 0 Å². The zero-order valence-electron chi connectivity index (χ0n) is 10.8. The Kier molecular flexibility index (Phi) is 3.13. The number of anilines is 1. The molecular weight excluding hydrogens is 274 g/mol. The molecule has 0 atom stereocenters. The fourth-order valence-corrected chi connectivity index (χ4v) is 4.64. The van der Waals surface area contributed by atoms with Crippen LogP contribution in [0.25, 0.3) is 10.1 Å². The van der Waals surface area contributed by atoms with Gasteiger partial charge in [-0.3, -0.25) is 4.90 Å². The Labute approximate surface area is 121 Å². The van der Waals surface area contributed by atoms with E-state index >= 15 is 0 Å². The monoisotopic (exact) mass is 291 g/mol. The summed E-state index contributed by atoms with van der Waals surface area (Å²) in [5.74, 6) is 3.78. The van der Waals surface area contributed by atoms with Crippen molar-refractivity contribution in [3.05, 3.63) is 23.7 Å². The third-order valence-electron chi connectivity index (χ3n) is 4.08. The smallest absolute Gasteiger partial charge is 0.137 e. The molecular formula is C14H17N3S2. The average molecular weight is 291 g/mol. The molecule has 2 aliphatic rings. The molecule has 3 nitrogen and oxygen atoms in total.